The number of aromatic nitrogens is 4. The molecule has 1 amide bonds. The maximum Gasteiger partial charge on any atom is 0.257 e. The fourth-order valence-corrected chi connectivity index (χ4v) is 2.99. The van der Waals surface area contributed by atoms with Crippen LogP contribution in [-0.2, 0) is 6.54 Å². The second kappa shape index (κ2) is 7.44. The molecule has 142 valence electrons. The highest BCUT2D eigenvalue weighted by atomic mass is 35.5. The van der Waals surface area contributed by atoms with E-state index in [2.05, 4.69) is 20.6 Å². The highest BCUT2D eigenvalue weighted by Gasteiger charge is 2.15. The van der Waals surface area contributed by atoms with Crippen LogP contribution in [0.4, 0.5) is 0 Å². The fraction of sp³-hybridized carbons (Fsp3) is 0.200. The van der Waals surface area contributed by atoms with Gasteiger partial charge in [0.2, 0.25) is 0 Å². The Hall–Kier alpha value is -3.19. The third-order valence-electron chi connectivity index (χ3n) is 4.35. The van der Waals surface area contributed by atoms with Gasteiger partial charge >= 0.3 is 0 Å². The van der Waals surface area contributed by atoms with Crippen LogP contribution in [-0.4, -0.2) is 25.8 Å². The van der Waals surface area contributed by atoms with Crippen LogP contribution in [0.1, 0.15) is 41.4 Å². The number of amides is 1. The van der Waals surface area contributed by atoms with E-state index in [0.717, 1.165) is 22.3 Å². The quantitative estimate of drug-likeness (QED) is 0.549. The molecule has 28 heavy (non-hydrogen) atoms. The van der Waals surface area contributed by atoms with Gasteiger partial charge in [-0.15, -0.1) is 0 Å². The Balaban J connectivity index is 1.46. The van der Waals surface area contributed by atoms with Crippen LogP contribution < -0.4 is 5.32 Å². The predicted molar refractivity (Wildman–Crippen MR) is 106 cm³/mol. The van der Waals surface area contributed by atoms with Gasteiger partial charge in [0.25, 0.3) is 11.6 Å². The minimum absolute atomic E-state index is 0.181. The molecule has 8 heteroatoms. The molecule has 0 atom stereocenters. The van der Waals surface area contributed by atoms with Crippen LogP contribution >= 0.6 is 11.6 Å². The first kappa shape index (κ1) is 18.2. The SMILES string of the molecule is CC(C)c1noc2ncc(C(=O)NCc3cnn(-c4ccc(Cl)cc4)c3)cc12. The normalized spacial score (nSPS) is 11.3. The van der Waals surface area contributed by atoms with Crippen molar-refractivity contribution in [3.8, 4) is 5.69 Å². The lowest BCUT2D eigenvalue weighted by molar-refractivity contribution is 0.0950. The van der Waals surface area contributed by atoms with Crippen molar-refractivity contribution in [2.75, 3.05) is 0 Å². The molecule has 3 heterocycles. The summed E-state index contributed by atoms with van der Waals surface area (Å²) in [7, 11) is 0. The third-order valence-corrected chi connectivity index (χ3v) is 4.60. The van der Waals surface area contributed by atoms with Crippen LogP contribution in [0.25, 0.3) is 16.8 Å². The summed E-state index contributed by atoms with van der Waals surface area (Å²) in [5, 5.41) is 12.7. The van der Waals surface area contributed by atoms with Crippen LogP contribution in [0.3, 0.4) is 0 Å². The summed E-state index contributed by atoms with van der Waals surface area (Å²) >= 11 is 5.91. The van der Waals surface area contributed by atoms with E-state index in [1.54, 1.807) is 29.1 Å². The summed E-state index contributed by atoms with van der Waals surface area (Å²) in [5.41, 5.74) is 3.46. The summed E-state index contributed by atoms with van der Waals surface area (Å²) in [6.07, 6.45) is 5.07. The van der Waals surface area contributed by atoms with E-state index in [0.29, 0.717) is 22.8 Å². The number of carbonyl (C=O) groups is 1. The number of hydrogen-bond acceptors (Lipinski definition) is 5. The minimum atomic E-state index is -0.218. The Kier molecular flexibility index (Phi) is 4.83. The summed E-state index contributed by atoms with van der Waals surface area (Å²) in [4.78, 5) is 16.7. The van der Waals surface area contributed by atoms with E-state index >= 15 is 0 Å². The van der Waals surface area contributed by atoms with E-state index in [4.69, 9.17) is 16.1 Å². The van der Waals surface area contributed by atoms with Gasteiger partial charge in [-0.05, 0) is 36.2 Å². The van der Waals surface area contributed by atoms with Crippen LogP contribution in [0.2, 0.25) is 5.02 Å². The van der Waals surface area contributed by atoms with E-state index < -0.39 is 0 Å². The fourth-order valence-electron chi connectivity index (χ4n) is 2.86. The molecule has 0 aliphatic heterocycles. The molecule has 0 bridgehead atoms. The Bertz CT molecular complexity index is 1130. The molecule has 4 aromatic rings. The van der Waals surface area contributed by atoms with Gasteiger partial charge in [-0.25, -0.2) is 9.67 Å². The Morgan fingerprint density at radius 3 is 2.79 bits per heavy atom. The number of nitrogens with one attached hydrogen (secondary N) is 1. The van der Waals surface area contributed by atoms with Gasteiger partial charge < -0.3 is 9.84 Å². The van der Waals surface area contributed by atoms with Crippen molar-refractivity contribution in [2.24, 2.45) is 0 Å². The van der Waals surface area contributed by atoms with Gasteiger partial charge in [0, 0.05) is 29.5 Å². The molecule has 7 nitrogen and oxygen atoms in total. The molecule has 4 rings (SSSR count). The molecule has 3 aromatic heterocycles. The highest BCUT2D eigenvalue weighted by Crippen LogP contribution is 2.24. The molecule has 1 aromatic carbocycles. The Morgan fingerprint density at radius 1 is 1.25 bits per heavy atom. The highest BCUT2D eigenvalue weighted by molar-refractivity contribution is 6.30. The number of rotatable bonds is 5. The third kappa shape index (κ3) is 3.61. The molecule has 0 radical (unpaired) electrons. The van der Waals surface area contributed by atoms with Gasteiger partial charge in [-0.1, -0.05) is 30.6 Å². The number of fused-ring (bicyclic) bond motifs is 1. The molecule has 0 aliphatic rings. The number of halogens is 1. The first-order chi connectivity index (χ1) is 13.5. The topological polar surface area (TPSA) is 85.8 Å². The Labute approximate surface area is 166 Å². The van der Waals surface area contributed by atoms with Crippen molar-refractivity contribution in [3.05, 3.63) is 70.8 Å². The lowest BCUT2D eigenvalue weighted by atomic mass is 10.1. The van der Waals surface area contributed by atoms with E-state index in [1.165, 1.54) is 6.20 Å². The lowest BCUT2D eigenvalue weighted by Crippen LogP contribution is -2.22. The maximum atomic E-state index is 12.5. The number of hydrogen-bond donors (Lipinski definition) is 1. The average Bonchev–Trinajstić information content (AvgIpc) is 3.33. The van der Waals surface area contributed by atoms with Crippen molar-refractivity contribution in [3.63, 3.8) is 0 Å². The van der Waals surface area contributed by atoms with Crippen molar-refractivity contribution in [2.45, 2.75) is 26.3 Å². The zero-order chi connectivity index (χ0) is 19.7. The van der Waals surface area contributed by atoms with E-state index in [9.17, 15) is 4.79 Å². The number of nitrogens with zero attached hydrogens (tertiary/aromatic N) is 4. The zero-order valence-electron chi connectivity index (χ0n) is 15.4. The first-order valence-electron chi connectivity index (χ1n) is 8.84. The summed E-state index contributed by atoms with van der Waals surface area (Å²) in [6, 6.07) is 9.13. The second-order valence-corrected chi connectivity index (χ2v) is 7.19. The van der Waals surface area contributed by atoms with Gasteiger partial charge in [0.15, 0.2) is 0 Å². The zero-order valence-corrected chi connectivity index (χ0v) is 16.1. The molecule has 0 aliphatic carbocycles. The van der Waals surface area contributed by atoms with Crippen LogP contribution in [0.5, 0.6) is 0 Å². The number of benzene rings is 1. The lowest BCUT2D eigenvalue weighted by Gasteiger charge is -2.04. The van der Waals surface area contributed by atoms with Gasteiger partial charge in [0.1, 0.15) is 0 Å². The van der Waals surface area contributed by atoms with Gasteiger partial charge in [-0.2, -0.15) is 5.10 Å². The monoisotopic (exact) mass is 395 g/mol. The summed E-state index contributed by atoms with van der Waals surface area (Å²) in [5.74, 6) is -0.0374. The van der Waals surface area contributed by atoms with E-state index in [1.807, 2.05) is 32.2 Å². The molecule has 0 fully saturated rings. The largest absolute Gasteiger partial charge is 0.348 e. The van der Waals surface area contributed by atoms with Crippen LogP contribution in [0, 0.1) is 0 Å². The molecule has 0 spiro atoms. The summed E-state index contributed by atoms with van der Waals surface area (Å²) in [6.45, 7) is 4.38. The second-order valence-electron chi connectivity index (χ2n) is 6.75. The standard InChI is InChI=1S/C20H18ClN5O2/c1-12(2)18-17-7-14(10-23-20(17)28-25-18)19(27)22-8-13-9-24-26(11-13)16-5-3-15(21)4-6-16/h3-7,9-12H,8H2,1-2H3,(H,22,27). The predicted octanol–water partition coefficient (Wildman–Crippen LogP) is 4.12. The average molecular weight is 396 g/mol. The molecular weight excluding hydrogens is 378 g/mol. The van der Waals surface area contributed by atoms with Gasteiger partial charge in [-0.3, -0.25) is 4.79 Å². The molecule has 0 unspecified atom stereocenters. The smallest absolute Gasteiger partial charge is 0.257 e. The van der Waals surface area contributed by atoms with E-state index in [-0.39, 0.29) is 11.8 Å². The van der Waals surface area contributed by atoms with Gasteiger partial charge in [0.05, 0.1) is 28.5 Å². The molecular formula is C20H18ClN5O2. The van der Waals surface area contributed by atoms with Crippen molar-refractivity contribution in [1.82, 2.24) is 25.2 Å². The van der Waals surface area contributed by atoms with Crippen molar-refractivity contribution in [1.29, 1.82) is 0 Å². The minimum Gasteiger partial charge on any atom is -0.348 e. The van der Waals surface area contributed by atoms with Crippen molar-refractivity contribution < 1.29 is 9.32 Å². The molecule has 1 N–H and O–H groups in total. The van der Waals surface area contributed by atoms with Crippen LogP contribution in [0.15, 0.2) is 53.4 Å². The first-order valence-corrected chi connectivity index (χ1v) is 9.22. The maximum absolute atomic E-state index is 12.5. The summed E-state index contributed by atoms with van der Waals surface area (Å²) < 4.78 is 6.95. The molecule has 0 saturated carbocycles. The number of carbonyl (C=O) groups excluding carboxylic acids is 1. The number of pyridine rings is 1. The van der Waals surface area contributed by atoms with Crippen molar-refractivity contribution >= 4 is 28.6 Å². The Morgan fingerprint density at radius 2 is 2.04 bits per heavy atom. The molecule has 0 saturated heterocycles.